The molecule has 0 amide bonds. The van der Waals surface area contributed by atoms with Crippen molar-refractivity contribution in [1.29, 1.82) is 0 Å². The Labute approximate surface area is 124 Å². The molecule has 0 saturated heterocycles. The van der Waals surface area contributed by atoms with Crippen molar-refractivity contribution >= 4 is 33.5 Å². The molecular formula is C13H13BrN2O2S. The Bertz CT molecular complexity index is 554. The van der Waals surface area contributed by atoms with E-state index in [0.29, 0.717) is 17.5 Å². The van der Waals surface area contributed by atoms with E-state index < -0.39 is 0 Å². The van der Waals surface area contributed by atoms with Gasteiger partial charge in [0.25, 0.3) is 5.22 Å². The van der Waals surface area contributed by atoms with Crippen molar-refractivity contribution in [3.63, 3.8) is 0 Å². The molecule has 0 unspecified atom stereocenters. The van der Waals surface area contributed by atoms with Crippen molar-refractivity contribution in [2.75, 3.05) is 5.75 Å². The standard InChI is InChI=1S/C13H13BrN2O2S/c1-9-15-16-13(18-9)19-8-2-3-12(17)10-4-6-11(14)7-5-10/h4-7H,2-3,8H2,1H3. The highest BCUT2D eigenvalue weighted by Gasteiger charge is 2.07. The van der Waals surface area contributed by atoms with E-state index in [-0.39, 0.29) is 5.78 Å². The van der Waals surface area contributed by atoms with Crippen LogP contribution in [0.25, 0.3) is 0 Å². The van der Waals surface area contributed by atoms with Gasteiger partial charge in [-0.2, -0.15) is 0 Å². The second-order valence-electron chi connectivity index (χ2n) is 3.97. The third-order valence-corrected chi connectivity index (χ3v) is 3.88. The second-order valence-corrected chi connectivity index (χ2v) is 5.93. The number of Topliss-reactive ketones (excluding diaryl/α,β-unsaturated/α-hetero) is 1. The average molecular weight is 341 g/mol. The monoisotopic (exact) mass is 340 g/mol. The molecule has 0 aliphatic rings. The van der Waals surface area contributed by atoms with E-state index in [4.69, 9.17) is 4.42 Å². The molecule has 2 rings (SSSR count). The third-order valence-electron chi connectivity index (χ3n) is 2.45. The molecule has 1 heterocycles. The number of hydrogen-bond acceptors (Lipinski definition) is 5. The fourth-order valence-corrected chi connectivity index (χ4v) is 2.51. The minimum atomic E-state index is 0.162. The van der Waals surface area contributed by atoms with Crippen LogP contribution >= 0.6 is 27.7 Å². The Hall–Kier alpha value is -1.14. The highest BCUT2D eigenvalue weighted by atomic mass is 79.9. The summed E-state index contributed by atoms with van der Waals surface area (Å²) in [6.07, 6.45) is 1.32. The molecule has 0 spiro atoms. The number of halogens is 1. The van der Waals surface area contributed by atoms with Crippen LogP contribution in [0.3, 0.4) is 0 Å². The first kappa shape index (κ1) is 14.3. The Kier molecular flexibility index (Phi) is 5.15. The molecule has 0 radical (unpaired) electrons. The number of carbonyl (C=O) groups excluding carboxylic acids is 1. The van der Waals surface area contributed by atoms with Crippen LogP contribution in [0.15, 0.2) is 38.4 Å². The third kappa shape index (κ3) is 4.47. The van der Waals surface area contributed by atoms with Crippen LogP contribution in [0.4, 0.5) is 0 Å². The fraction of sp³-hybridized carbons (Fsp3) is 0.308. The lowest BCUT2D eigenvalue weighted by molar-refractivity contribution is 0.0982. The van der Waals surface area contributed by atoms with E-state index in [0.717, 1.165) is 22.2 Å². The number of benzene rings is 1. The first-order valence-corrected chi connectivity index (χ1v) is 7.64. The molecule has 1 aromatic heterocycles. The van der Waals surface area contributed by atoms with Gasteiger partial charge in [-0.25, -0.2) is 0 Å². The summed E-state index contributed by atoms with van der Waals surface area (Å²) in [4.78, 5) is 11.9. The van der Waals surface area contributed by atoms with Gasteiger partial charge in [-0.15, -0.1) is 10.2 Å². The van der Waals surface area contributed by atoms with E-state index in [1.807, 2.05) is 24.3 Å². The van der Waals surface area contributed by atoms with Crippen molar-refractivity contribution in [3.8, 4) is 0 Å². The lowest BCUT2D eigenvalue weighted by atomic mass is 10.1. The molecule has 1 aromatic carbocycles. The SMILES string of the molecule is Cc1nnc(SCCCC(=O)c2ccc(Br)cc2)o1. The zero-order valence-electron chi connectivity index (χ0n) is 10.4. The van der Waals surface area contributed by atoms with Gasteiger partial charge in [-0.05, 0) is 18.6 Å². The number of rotatable bonds is 6. The number of thioether (sulfide) groups is 1. The first-order chi connectivity index (χ1) is 9.15. The molecule has 0 fully saturated rings. The average Bonchev–Trinajstić information content (AvgIpc) is 2.81. The lowest BCUT2D eigenvalue weighted by Gasteiger charge is -2.00. The van der Waals surface area contributed by atoms with Gasteiger partial charge >= 0.3 is 0 Å². The zero-order chi connectivity index (χ0) is 13.7. The molecule has 4 nitrogen and oxygen atoms in total. The molecule has 0 aliphatic carbocycles. The van der Waals surface area contributed by atoms with Crippen LogP contribution in [0, 0.1) is 6.92 Å². The summed E-state index contributed by atoms with van der Waals surface area (Å²) >= 11 is 4.83. The van der Waals surface area contributed by atoms with Crippen LogP contribution in [0.5, 0.6) is 0 Å². The maximum absolute atomic E-state index is 11.9. The van der Waals surface area contributed by atoms with Crippen molar-refractivity contribution in [1.82, 2.24) is 10.2 Å². The molecule has 2 aromatic rings. The van der Waals surface area contributed by atoms with Crippen LogP contribution in [-0.4, -0.2) is 21.7 Å². The molecule has 0 atom stereocenters. The largest absolute Gasteiger partial charge is 0.416 e. The Morgan fingerprint density at radius 3 is 2.68 bits per heavy atom. The summed E-state index contributed by atoms with van der Waals surface area (Å²) in [5.41, 5.74) is 0.752. The van der Waals surface area contributed by atoms with Gasteiger partial charge in [0, 0.05) is 29.1 Å². The molecule has 6 heteroatoms. The van der Waals surface area contributed by atoms with E-state index in [1.165, 1.54) is 11.8 Å². The number of hydrogen-bond donors (Lipinski definition) is 0. The summed E-state index contributed by atoms with van der Waals surface area (Å²) in [5.74, 6) is 1.52. The van der Waals surface area contributed by atoms with E-state index in [2.05, 4.69) is 26.1 Å². The van der Waals surface area contributed by atoms with Crippen molar-refractivity contribution in [2.45, 2.75) is 25.0 Å². The molecule has 19 heavy (non-hydrogen) atoms. The maximum atomic E-state index is 11.9. The van der Waals surface area contributed by atoms with Gasteiger partial charge in [0.1, 0.15) is 0 Å². The van der Waals surface area contributed by atoms with E-state index in [1.54, 1.807) is 6.92 Å². The second kappa shape index (κ2) is 6.86. The molecule has 0 aliphatic heterocycles. The highest BCUT2D eigenvalue weighted by Crippen LogP contribution is 2.18. The number of aromatic nitrogens is 2. The molecule has 100 valence electrons. The number of aryl methyl sites for hydroxylation is 1. The fourth-order valence-electron chi connectivity index (χ4n) is 1.51. The zero-order valence-corrected chi connectivity index (χ0v) is 12.8. The van der Waals surface area contributed by atoms with Gasteiger partial charge in [0.15, 0.2) is 5.78 Å². The van der Waals surface area contributed by atoms with Crippen molar-refractivity contribution in [2.24, 2.45) is 0 Å². The summed E-state index contributed by atoms with van der Waals surface area (Å²) in [6, 6.07) is 7.42. The first-order valence-electron chi connectivity index (χ1n) is 5.87. The summed E-state index contributed by atoms with van der Waals surface area (Å²) in [5, 5.41) is 8.20. The van der Waals surface area contributed by atoms with Crippen LogP contribution in [-0.2, 0) is 0 Å². The Morgan fingerprint density at radius 1 is 1.32 bits per heavy atom. The minimum absolute atomic E-state index is 0.162. The van der Waals surface area contributed by atoms with Crippen LogP contribution in [0.1, 0.15) is 29.1 Å². The normalized spacial score (nSPS) is 10.6. The number of carbonyl (C=O) groups is 1. The summed E-state index contributed by atoms with van der Waals surface area (Å²) < 4.78 is 6.22. The Balaban J connectivity index is 1.73. The minimum Gasteiger partial charge on any atom is -0.416 e. The number of nitrogens with zero attached hydrogens (tertiary/aromatic N) is 2. The molecular weight excluding hydrogens is 328 g/mol. The molecule has 0 N–H and O–H groups in total. The topological polar surface area (TPSA) is 56.0 Å². The van der Waals surface area contributed by atoms with Gasteiger partial charge in [-0.1, -0.05) is 39.8 Å². The van der Waals surface area contributed by atoms with Gasteiger partial charge in [0.2, 0.25) is 5.89 Å². The maximum Gasteiger partial charge on any atom is 0.276 e. The van der Waals surface area contributed by atoms with Crippen molar-refractivity contribution < 1.29 is 9.21 Å². The van der Waals surface area contributed by atoms with Crippen LogP contribution in [0.2, 0.25) is 0 Å². The predicted octanol–water partition coefficient (Wildman–Crippen LogP) is 3.90. The smallest absolute Gasteiger partial charge is 0.276 e. The lowest BCUT2D eigenvalue weighted by Crippen LogP contribution is -1.99. The van der Waals surface area contributed by atoms with Gasteiger partial charge < -0.3 is 4.42 Å². The molecule has 0 bridgehead atoms. The van der Waals surface area contributed by atoms with Crippen LogP contribution < -0.4 is 0 Å². The molecule has 0 saturated carbocycles. The van der Waals surface area contributed by atoms with E-state index in [9.17, 15) is 4.79 Å². The van der Waals surface area contributed by atoms with Gasteiger partial charge in [0.05, 0.1) is 0 Å². The predicted molar refractivity (Wildman–Crippen MR) is 77.5 cm³/mol. The van der Waals surface area contributed by atoms with Crippen molar-refractivity contribution in [3.05, 3.63) is 40.2 Å². The number of ketones is 1. The quantitative estimate of drug-likeness (QED) is 0.453. The van der Waals surface area contributed by atoms with Gasteiger partial charge in [-0.3, -0.25) is 4.79 Å². The highest BCUT2D eigenvalue weighted by molar-refractivity contribution is 9.10. The van der Waals surface area contributed by atoms with E-state index >= 15 is 0 Å². The summed E-state index contributed by atoms with van der Waals surface area (Å²) in [7, 11) is 0. The Morgan fingerprint density at radius 2 is 2.05 bits per heavy atom. The summed E-state index contributed by atoms with van der Waals surface area (Å²) in [6.45, 7) is 1.76.